The fourth-order valence-electron chi connectivity index (χ4n) is 3.84. The summed E-state index contributed by atoms with van der Waals surface area (Å²) >= 11 is 0. The van der Waals surface area contributed by atoms with E-state index in [0.717, 1.165) is 17.4 Å². The maximum atomic E-state index is 13.3. The van der Waals surface area contributed by atoms with Gasteiger partial charge in [-0.2, -0.15) is 9.61 Å². The molecule has 0 aromatic carbocycles. The molecule has 33 heavy (non-hydrogen) atoms. The lowest BCUT2D eigenvalue weighted by atomic mass is 10.2. The Morgan fingerprint density at radius 2 is 2.12 bits per heavy atom. The molecule has 3 heterocycles. The van der Waals surface area contributed by atoms with Crippen LogP contribution in [-0.4, -0.2) is 79.6 Å². The van der Waals surface area contributed by atoms with E-state index >= 15 is 0 Å². The average Bonchev–Trinajstić information content (AvgIpc) is 3.50. The molecule has 1 unspecified atom stereocenters. The van der Waals surface area contributed by atoms with Gasteiger partial charge < -0.3 is 25.2 Å². The predicted molar refractivity (Wildman–Crippen MR) is 119 cm³/mol. The van der Waals surface area contributed by atoms with Crippen molar-refractivity contribution in [2.75, 3.05) is 26.3 Å². The van der Waals surface area contributed by atoms with Crippen molar-refractivity contribution in [2.24, 2.45) is 5.92 Å². The Kier molecular flexibility index (Phi) is 6.52. The van der Waals surface area contributed by atoms with Gasteiger partial charge in [0, 0.05) is 37.3 Å². The van der Waals surface area contributed by atoms with Crippen molar-refractivity contribution in [1.29, 1.82) is 0 Å². The third kappa shape index (κ3) is 4.79. The second-order valence-corrected chi connectivity index (χ2v) is 8.88. The van der Waals surface area contributed by atoms with E-state index in [1.54, 1.807) is 4.90 Å². The van der Waals surface area contributed by atoms with Crippen LogP contribution < -0.4 is 10.9 Å². The van der Waals surface area contributed by atoms with Crippen LogP contribution in [0.4, 0.5) is 0 Å². The third-order valence-electron chi connectivity index (χ3n) is 5.66. The van der Waals surface area contributed by atoms with Gasteiger partial charge in [-0.15, -0.1) is 0 Å². The largest absolute Gasteiger partial charge is 0.492 e. The number of ether oxygens (including phenoxy) is 1. The molecule has 1 saturated carbocycles. The van der Waals surface area contributed by atoms with E-state index in [1.165, 1.54) is 22.9 Å². The van der Waals surface area contributed by atoms with Gasteiger partial charge in [0.25, 0.3) is 11.5 Å². The van der Waals surface area contributed by atoms with E-state index in [2.05, 4.69) is 10.4 Å². The van der Waals surface area contributed by atoms with Crippen LogP contribution in [0, 0.1) is 5.92 Å². The minimum absolute atomic E-state index is 0.0262. The standard InChI is InChI=1S/C22H29N5O6/c1-13(2)10-26-20-14(3-6-17(29)25-7-8-33-16(11-25)12-28)9-23-27(20)22(32)18(21(26)31)19(30)24-15-4-5-15/h3,6,9,13,15-16,28,32H,4-5,7-8,10-12H2,1-2H3,(H,24,30). The summed E-state index contributed by atoms with van der Waals surface area (Å²) < 4.78 is 7.95. The molecular weight excluding hydrogens is 430 g/mol. The monoisotopic (exact) mass is 459 g/mol. The van der Waals surface area contributed by atoms with Crippen LogP contribution in [0.25, 0.3) is 11.7 Å². The van der Waals surface area contributed by atoms with E-state index in [9.17, 15) is 24.6 Å². The number of aliphatic hydroxyl groups excluding tert-OH is 1. The number of hydrogen-bond acceptors (Lipinski definition) is 7. The minimum atomic E-state index is -0.618. The summed E-state index contributed by atoms with van der Waals surface area (Å²) in [5.41, 5.74) is -0.189. The van der Waals surface area contributed by atoms with Crippen molar-refractivity contribution in [3.63, 3.8) is 0 Å². The Labute approximate surface area is 190 Å². The topological polar surface area (TPSA) is 138 Å². The van der Waals surface area contributed by atoms with Crippen LogP contribution in [0.3, 0.4) is 0 Å². The molecule has 2 amide bonds. The molecule has 2 fully saturated rings. The number of aromatic hydroxyl groups is 1. The molecule has 1 aliphatic carbocycles. The number of amides is 2. The van der Waals surface area contributed by atoms with Crippen molar-refractivity contribution in [3.8, 4) is 5.88 Å². The fraction of sp³-hybridized carbons (Fsp3) is 0.545. The maximum Gasteiger partial charge on any atom is 0.270 e. The first-order chi connectivity index (χ1) is 15.8. The summed E-state index contributed by atoms with van der Waals surface area (Å²) in [6.07, 6.45) is 5.62. The van der Waals surface area contributed by atoms with Gasteiger partial charge in [-0.05, 0) is 24.8 Å². The quantitative estimate of drug-likeness (QED) is 0.495. The van der Waals surface area contributed by atoms with Crippen LogP contribution >= 0.6 is 0 Å². The van der Waals surface area contributed by atoms with Crippen molar-refractivity contribution >= 4 is 23.5 Å². The second kappa shape index (κ2) is 9.36. The number of morpholine rings is 1. The number of carbonyl (C=O) groups is 2. The lowest BCUT2D eigenvalue weighted by Gasteiger charge is -2.31. The van der Waals surface area contributed by atoms with E-state index in [1.807, 2.05) is 13.8 Å². The van der Waals surface area contributed by atoms with Gasteiger partial charge in [-0.25, -0.2) is 0 Å². The highest BCUT2D eigenvalue weighted by molar-refractivity contribution is 5.97. The summed E-state index contributed by atoms with van der Waals surface area (Å²) in [6, 6.07) is 0.0262. The Morgan fingerprint density at radius 3 is 2.79 bits per heavy atom. The van der Waals surface area contributed by atoms with Crippen molar-refractivity contribution in [1.82, 2.24) is 24.4 Å². The van der Waals surface area contributed by atoms with E-state index in [4.69, 9.17) is 4.74 Å². The van der Waals surface area contributed by atoms with Gasteiger partial charge >= 0.3 is 0 Å². The van der Waals surface area contributed by atoms with Crippen LogP contribution in [0.5, 0.6) is 5.88 Å². The molecule has 11 heteroatoms. The smallest absolute Gasteiger partial charge is 0.270 e. The number of rotatable bonds is 7. The predicted octanol–water partition coefficient (Wildman–Crippen LogP) is -0.0173. The van der Waals surface area contributed by atoms with E-state index in [0.29, 0.717) is 30.9 Å². The first kappa shape index (κ1) is 23.0. The zero-order valence-corrected chi connectivity index (χ0v) is 18.7. The number of fused-ring (bicyclic) bond motifs is 1. The molecular formula is C22H29N5O6. The average molecular weight is 460 g/mol. The molecule has 11 nitrogen and oxygen atoms in total. The molecule has 3 N–H and O–H groups in total. The fourth-order valence-corrected chi connectivity index (χ4v) is 3.84. The normalized spacial score (nSPS) is 19.0. The van der Waals surface area contributed by atoms with Crippen LogP contribution in [0.1, 0.15) is 42.6 Å². The van der Waals surface area contributed by atoms with E-state index in [-0.39, 0.29) is 36.6 Å². The summed E-state index contributed by atoms with van der Waals surface area (Å²) in [4.78, 5) is 40.1. The van der Waals surface area contributed by atoms with Crippen molar-refractivity contribution in [3.05, 3.63) is 33.8 Å². The molecule has 4 rings (SSSR count). The number of nitrogens with one attached hydrogen (secondary N) is 1. The number of hydrogen-bond donors (Lipinski definition) is 3. The molecule has 178 valence electrons. The van der Waals surface area contributed by atoms with Crippen LogP contribution in [-0.2, 0) is 16.1 Å². The molecule has 2 aliphatic rings. The molecule has 2 aromatic rings. The lowest BCUT2D eigenvalue weighted by molar-refractivity contribution is -0.134. The van der Waals surface area contributed by atoms with Gasteiger partial charge in [0.05, 0.1) is 25.5 Å². The Balaban J connectivity index is 1.71. The number of aromatic nitrogens is 3. The van der Waals surface area contributed by atoms with Gasteiger partial charge in [-0.1, -0.05) is 13.8 Å². The Morgan fingerprint density at radius 1 is 1.36 bits per heavy atom. The first-order valence-electron chi connectivity index (χ1n) is 11.1. The maximum absolute atomic E-state index is 13.3. The molecule has 0 radical (unpaired) electrons. The van der Waals surface area contributed by atoms with Crippen LogP contribution in [0.15, 0.2) is 17.1 Å². The zero-order chi connectivity index (χ0) is 23.7. The molecule has 1 atom stereocenters. The number of carbonyl (C=O) groups excluding carboxylic acids is 2. The summed E-state index contributed by atoms with van der Waals surface area (Å²) in [5, 5.41) is 26.9. The highest BCUT2D eigenvalue weighted by Crippen LogP contribution is 2.23. The summed E-state index contributed by atoms with van der Waals surface area (Å²) in [7, 11) is 0. The molecule has 0 spiro atoms. The second-order valence-electron chi connectivity index (χ2n) is 8.88. The number of nitrogens with zero attached hydrogens (tertiary/aromatic N) is 4. The third-order valence-corrected chi connectivity index (χ3v) is 5.66. The van der Waals surface area contributed by atoms with Crippen molar-refractivity contribution in [2.45, 2.75) is 45.4 Å². The first-order valence-corrected chi connectivity index (χ1v) is 11.1. The number of aliphatic hydroxyl groups is 1. The van der Waals surface area contributed by atoms with Crippen LogP contribution in [0.2, 0.25) is 0 Å². The lowest BCUT2D eigenvalue weighted by Crippen LogP contribution is -2.46. The highest BCUT2D eigenvalue weighted by Gasteiger charge is 2.30. The summed E-state index contributed by atoms with van der Waals surface area (Å²) in [5.74, 6) is -1.34. The molecule has 1 aliphatic heterocycles. The zero-order valence-electron chi connectivity index (χ0n) is 18.7. The van der Waals surface area contributed by atoms with E-state index < -0.39 is 23.5 Å². The Hall–Kier alpha value is -3.18. The van der Waals surface area contributed by atoms with Gasteiger partial charge in [0.1, 0.15) is 5.65 Å². The van der Waals surface area contributed by atoms with Gasteiger partial charge in [-0.3, -0.25) is 19.0 Å². The highest BCUT2D eigenvalue weighted by atomic mass is 16.5. The van der Waals surface area contributed by atoms with Crippen molar-refractivity contribution < 1.29 is 24.5 Å². The van der Waals surface area contributed by atoms with Gasteiger partial charge in [0.15, 0.2) is 5.56 Å². The minimum Gasteiger partial charge on any atom is -0.492 e. The molecule has 2 aromatic heterocycles. The molecule has 1 saturated heterocycles. The molecule has 0 bridgehead atoms. The SMILES string of the molecule is CC(C)Cn1c(=O)c(C(=O)NC2CC2)c(O)n2ncc(C=CC(=O)N3CCOC(CO)C3)c12. The Bertz CT molecular complexity index is 1150. The van der Waals surface area contributed by atoms with Gasteiger partial charge in [0.2, 0.25) is 11.8 Å². The summed E-state index contributed by atoms with van der Waals surface area (Å²) in [6.45, 7) is 5.04.